The van der Waals surface area contributed by atoms with E-state index in [1.807, 2.05) is 20.8 Å². The minimum Gasteiger partial charge on any atom is -0.449 e. The normalized spacial score (nSPS) is 18.5. The highest BCUT2D eigenvalue weighted by Gasteiger charge is 2.35. The molecule has 0 bridgehead atoms. The van der Waals surface area contributed by atoms with Crippen molar-refractivity contribution in [2.24, 2.45) is 5.41 Å². The maximum atomic E-state index is 12.4. The summed E-state index contributed by atoms with van der Waals surface area (Å²) in [5.41, 5.74) is -0.128. The number of ether oxygens (including phenoxy) is 1. The molecule has 0 unspecified atom stereocenters. The quantitative estimate of drug-likeness (QED) is 0.670. The van der Waals surface area contributed by atoms with Gasteiger partial charge in [0.15, 0.2) is 0 Å². The number of carbonyl (C=O) groups is 1. The van der Waals surface area contributed by atoms with Crippen molar-refractivity contribution in [2.75, 3.05) is 25.0 Å². The smallest absolute Gasteiger partial charge is 0.409 e. The number of hydrogen-bond acceptors (Lipinski definition) is 6. The van der Waals surface area contributed by atoms with Crippen LogP contribution in [0.5, 0.6) is 0 Å². The predicted molar refractivity (Wildman–Crippen MR) is 108 cm³/mol. The summed E-state index contributed by atoms with van der Waals surface area (Å²) in [6.07, 6.45) is 6.41. The van der Waals surface area contributed by atoms with Crippen LogP contribution in [0.3, 0.4) is 0 Å². The zero-order valence-corrected chi connectivity index (χ0v) is 17.0. The minimum absolute atomic E-state index is 0.0263. The lowest BCUT2D eigenvalue weighted by Gasteiger charge is -2.38. The van der Waals surface area contributed by atoms with Crippen LogP contribution in [-0.2, 0) is 4.74 Å². The molecule has 0 aromatic carbocycles. The SMILES string of the molecule is CC(C)(C)COC(=O)N1CC(c2nc(NC3CCCCC3)c(C=N)c(=O)[nH]2)C1. The second-order valence-electron chi connectivity index (χ2n) is 9.05. The predicted octanol–water partition coefficient (Wildman–Crippen LogP) is 3.09. The number of aromatic amines is 1. The second-order valence-corrected chi connectivity index (χ2v) is 9.05. The van der Waals surface area contributed by atoms with Crippen molar-refractivity contribution in [3.05, 3.63) is 21.7 Å². The number of carbonyl (C=O) groups excluding carboxylic acids is 1. The van der Waals surface area contributed by atoms with Gasteiger partial charge in [-0.2, -0.15) is 0 Å². The molecule has 8 heteroatoms. The van der Waals surface area contributed by atoms with Crippen molar-refractivity contribution in [1.29, 1.82) is 5.41 Å². The van der Waals surface area contributed by atoms with Gasteiger partial charge in [0.1, 0.15) is 11.6 Å². The highest BCUT2D eigenvalue weighted by atomic mass is 16.6. The van der Waals surface area contributed by atoms with Crippen LogP contribution in [0, 0.1) is 10.8 Å². The summed E-state index contributed by atoms with van der Waals surface area (Å²) in [6.45, 7) is 7.35. The van der Waals surface area contributed by atoms with E-state index in [0.29, 0.717) is 37.4 Å². The molecule has 0 atom stereocenters. The van der Waals surface area contributed by atoms with Crippen LogP contribution in [-0.4, -0.2) is 52.9 Å². The molecule has 28 heavy (non-hydrogen) atoms. The third kappa shape index (κ3) is 4.91. The fourth-order valence-electron chi connectivity index (χ4n) is 3.55. The van der Waals surface area contributed by atoms with Gasteiger partial charge in [0.2, 0.25) is 0 Å². The standard InChI is InChI=1S/C20H31N5O3/c1-20(2,3)12-28-19(27)25-10-13(11-25)16-23-17(15(9-21)18(26)24-16)22-14-7-5-4-6-8-14/h9,13-14,21H,4-8,10-12H2,1-3H3,(H2,22,23,24,26). The Kier molecular flexibility index (Phi) is 6.05. The molecule has 3 rings (SSSR count). The Morgan fingerprint density at radius 1 is 1.32 bits per heavy atom. The molecule has 1 saturated carbocycles. The van der Waals surface area contributed by atoms with Crippen molar-refractivity contribution >= 4 is 18.1 Å². The van der Waals surface area contributed by atoms with Crippen LogP contribution in [0.15, 0.2) is 4.79 Å². The highest BCUT2D eigenvalue weighted by molar-refractivity contribution is 5.83. The molecule has 1 amide bonds. The summed E-state index contributed by atoms with van der Waals surface area (Å²) >= 11 is 0. The Balaban J connectivity index is 1.65. The van der Waals surface area contributed by atoms with Gasteiger partial charge in [0.05, 0.1) is 18.1 Å². The molecule has 8 nitrogen and oxygen atoms in total. The van der Waals surface area contributed by atoms with Gasteiger partial charge in [-0.3, -0.25) is 4.79 Å². The molecule has 1 aromatic rings. The molecule has 2 heterocycles. The van der Waals surface area contributed by atoms with E-state index in [0.717, 1.165) is 19.1 Å². The third-order valence-electron chi connectivity index (χ3n) is 5.22. The third-order valence-corrected chi connectivity index (χ3v) is 5.22. The summed E-state index contributed by atoms with van der Waals surface area (Å²) in [6, 6.07) is 0.292. The van der Waals surface area contributed by atoms with E-state index in [1.165, 1.54) is 19.3 Å². The summed E-state index contributed by atoms with van der Waals surface area (Å²) in [5, 5.41) is 10.9. The van der Waals surface area contributed by atoms with Crippen molar-refractivity contribution in [1.82, 2.24) is 14.9 Å². The molecular formula is C20H31N5O3. The van der Waals surface area contributed by atoms with Gasteiger partial charge in [0, 0.05) is 25.3 Å². The zero-order chi connectivity index (χ0) is 20.3. The average molecular weight is 390 g/mol. The molecule has 0 radical (unpaired) electrons. The van der Waals surface area contributed by atoms with Crippen molar-refractivity contribution < 1.29 is 9.53 Å². The van der Waals surface area contributed by atoms with Gasteiger partial charge in [0.25, 0.3) is 5.56 Å². The summed E-state index contributed by atoms with van der Waals surface area (Å²) in [7, 11) is 0. The van der Waals surface area contributed by atoms with Gasteiger partial charge < -0.3 is 25.3 Å². The monoisotopic (exact) mass is 389 g/mol. The number of nitrogens with zero attached hydrogens (tertiary/aromatic N) is 2. The highest BCUT2D eigenvalue weighted by Crippen LogP contribution is 2.27. The van der Waals surface area contributed by atoms with Crippen LogP contribution in [0.4, 0.5) is 10.6 Å². The molecule has 2 aliphatic rings. The first-order valence-corrected chi connectivity index (χ1v) is 10.1. The average Bonchev–Trinajstić information content (AvgIpc) is 2.59. The van der Waals surface area contributed by atoms with E-state index in [9.17, 15) is 9.59 Å². The number of aromatic nitrogens is 2. The van der Waals surface area contributed by atoms with E-state index >= 15 is 0 Å². The van der Waals surface area contributed by atoms with Gasteiger partial charge in [-0.1, -0.05) is 40.0 Å². The first-order chi connectivity index (χ1) is 13.3. The van der Waals surface area contributed by atoms with E-state index in [4.69, 9.17) is 10.1 Å². The maximum Gasteiger partial charge on any atom is 0.409 e. The number of rotatable bonds is 5. The zero-order valence-electron chi connectivity index (χ0n) is 17.0. The van der Waals surface area contributed by atoms with Crippen molar-refractivity contribution in [3.63, 3.8) is 0 Å². The van der Waals surface area contributed by atoms with Crippen LogP contribution < -0.4 is 10.9 Å². The number of nitrogens with one attached hydrogen (secondary N) is 3. The summed E-state index contributed by atoms with van der Waals surface area (Å²) in [5.74, 6) is 1.02. The largest absolute Gasteiger partial charge is 0.449 e. The Hall–Kier alpha value is -2.38. The molecule has 3 N–H and O–H groups in total. The van der Waals surface area contributed by atoms with E-state index in [2.05, 4.69) is 15.3 Å². The van der Waals surface area contributed by atoms with Crippen LogP contribution >= 0.6 is 0 Å². The van der Waals surface area contributed by atoms with Crippen molar-refractivity contribution in [3.8, 4) is 0 Å². The Morgan fingerprint density at radius 2 is 2.00 bits per heavy atom. The fourth-order valence-corrected chi connectivity index (χ4v) is 3.55. The van der Waals surface area contributed by atoms with Crippen LogP contribution in [0.25, 0.3) is 0 Å². The Bertz CT molecular complexity index is 771. The number of H-pyrrole nitrogens is 1. The molecule has 154 valence electrons. The topological polar surface area (TPSA) is 111 Å². The summed E-state index contributed by atoms with van der Waals surface area (Å²) < 4.78 is 5.33. The molecular weight excluding hydrogens is 358 g/mol. The van der Waals surface area contributed by atoms with E-state index in [-0.39, 0.29) is 28.5 Å². The number of amides is 1. The van der Waals surface area contributed by atoms with Crippen LogP contribution in [0.2, 0.25) is 0 Å². The fraction of sp³-hybridized carbons (Fsp3) is 0.700. The molecule has 1 aliphatic carbocycles. The van der Waals surface area contributed by atoms with Crippen molar-refractivity contribution in [2.45, 2.75) is 64.8 Å². The van der Waals surface area contributed by atoms with Gasteiger partial charge in [-0.15, -0.1) is 0 Å². The lowest BCUT2D eigenvalue weighted by atomic mass is 9.95. The lowest BCUT2D eigenvalue weighted by Crippen LogP contribution is -2.50. The summed E-state index contributed by atoms with van der Waals surface area (Å²) in [4.78, 5) is 33.5. The van der Waals surface area contributed by atoms with Gasteiger partial charge in [-0.25, -0.2) is 9.78 Å². The molecule has 1 saturated heterocycles. The number of anilines is 1. The first kappa shape index (κ1) is 20.4. The molecule has 1 aromatic heterocycles. The number of hydrogen-bond donors (Lipinski definition) is 3. The van der Waals surface area contributed by atoms with E-state index < -0.39 is 0 Å². The van der Waals surface area contributed by atoms with Gasteiger partial charge >= 0.3 is 6.09 Å². The van der Waals surface area contributed by atoms with Crippen LogP contribution in [0.1, 0.15) is 70.2 Å². The van der Waals surface area contributed by atoms with Gasteiger partial charge in [-0.05, 0) is 18.3 Å². The minimum atomic E-state index is -0.329. The molecule has 1 aliphatic heterocycles. The number of likely N-dealkylation sites (tertiary alicyclic amines) is 1. The Morgan fingerprint density at radius 3 is 2.61 bits per heavy atom. The first-order valence-electron chi connectivity index (χ1n) is 10.1. The second kappa shape index (κ2) is 8.32. The van der Waals surface area contributed by atoms with E-state index in [1.54, 1.807) is 4.90 Å². The molecule has 0 spiro atoms. The Labute approximate surface area is 165 Å². The maximum absolute atomic E-state index is 12.4. The molecule has 2 fully saturated rings. The lowest BCUT2D eigenvalue weighted by molar-refractivity contribution is 0.0478.